The first-order valence-corrected chi connectivity index (χ1v) is 6.40. The van der Waals surface area contributed by atoms with Gasteiger partial charge < -0.3 is 4.90 Å². The van der Waals surface area contributed by atoms with Crippen molar-refractivity contribution in [3.8, 4) is 11.8 Å². The molecule has 5 heteroatoms. The molecule has 2 rings (SSSR count). The molecule has 1 amide bonds. The van der Waals surface area contributed by atoms with Crippen LogP contribution in [0.5, 0.6) is 0 Å². The van der Waals surface area contributed by atoms with Crippen molar-refractivity contribution in [3.63, 3.8) is 0 Å². The Bertz CT molecular complexity index is 563. The summed E-state index contributed by atoms with van der Waals surface area (Å²) in [4.78, 5) is 24.4. The van der Waals surface area contributed by atoms with Gasteiger partial charge in [-0.15, -0.1) is 0 Å². The number of carbonyl (C=O) groups excluding carboxylic acids is 2. The fraction of sp³-hybridized carbons (Fsp3) is 0.500. The summed E-state index contributed by atoms with van der Waals surface area (Å²) in [6, 6.07) is 0. The van der Waals surface area contributed by atoms with Crippen LogP contribution in [0.2, 0.25) is 0 Å². The van der Waals surface area contributed by atoms with Gasteiger partial charge in [-0.25, -0.2) is 9.36 Å². The topological polar surface area (TPSA) is 46.2 Å². The number of hydrogen-bond acceptors (Lipinski definition) is 2. The van der Waals surface area contributed by atoms with Gasteiger partial charge in [0.05, 0.1) is 6.54 Å². The van der Waals surface area contributed by atoms with Gasteiger partial charge in [0.1, 0.15) is 11.9 Å². The summed E-state index contributed by atoms with van der Waals surface area (Å²) in [5.41, 5.74) is 0.988. The molecular formula is C14H18N3O2+. The van der Waals surface area contributed by atoms with Crippen LogP contribution < -0.4 is 4.57 Å². The summed E-state index contributed by atoms with van der Waals surface area (Å²) < 4.78 is 3.46. The first-order valence-electron chi connectivity index (χ1n) is 6.40. The molecule has 0 bridgehead atoms. The third-order valence-electron chi connectivity index (χ3n) is 3.22. The molecule has 1 saturated heterocycles. The third kappa shape index (κ3) is 3.22. The first-order chi connectivity index (χ1) is 9.08. The van der Waals surface area contributed by atoms with E-state index in [9.17, 15) is 9.59 Å². The van der Waals surface area contributed by atoms with Crippen LogP contribution in [0, 0.1) is 18.8 Å². The molecule has 0 spiro atoms. The number of nitrogens with zero attached hydrogens (tertiary/aromatic N) is 3. The fourth-order valence-corrected chi connectivity index (χ4v) is 2.05. The highest BCUT2D eigenvalue weighted by Crippen LogP contribution is 2.07. The second-order valence-electron chi connectivity index (χ2n) is 4.71. The number of hydrogen-bond donors (Lipinski definition) is 0. The van der Waals surface area contributed by atoms with Gasteiger partial charge in [0.25, 0.3) is 6.33 Å². The monoisotopic (exact) mass is 260 g/mol. The van der Waals surface area contributed by atoms with E-state index in [0.717, 1.165) is 18.7 Å². The van der Waals surface area contributed by atoms with Gasteiger partial charge in [-0.2, -0.15) is 4.57 Å². The van der Waals surface area contributed by atoms with Crippen molar-refractivity contribution in [2.45, 2.75) is 33.2 Å². The van der Waals surface area contributed by atoms with Crippen molar-refractivity contribution < 1.29 is 14.2 Å². The van der Waals surface area contributed by atoms with Crippen LogP contribution >= 0.6 is 0 Å². The number of carbonyl (C=O) groups is 2. The normalized spacial score (nSPS) is 14.4. The maximum Gasteiger partial charge on any atom is 0.310 e. The molecule has 100 valence electrons. The lowest BCUT2D eigenvalue weighted by Crippen LogP contribution is -2.34. The van der Waals surface area contributed by atoms with Crippen molar-refractivity contribution in [2.75, 3.05) is 13.1 Å². The van der Waals surface area contributed by atoms with Gasteiger partial charge in [-0.1, -0.05) is 11.8 Å². The predicted molar refractivity (Wildman–Crippen MR) is 69.3 cm³/mol. The predicted octanol–water partition coefficient (Wildman–Crippen LogP) is 0.370. The minimum Gasteiger partial charge on any atom is -0.332 e. The zero-order valence-corrected chi connectivity index (χ0v) is 11.3. The van der Waals surface area contributed by atoms with Crippen LogP contribution in [0.3, 0.4) is 0 Å². The Labute approximate surface area is 112 Å². The minimum absolute atomic E-state index is 0.0162. The van der Waals surface area contributed by atoms with Crippen LogP contribution in [0.25, 0.3) is 0 Å². The van der Waals surface area contributed by atoms with E-state index >= 15 is 0 Å². The lowest BCUT2D eigenvalue weighted by atomic mass is 10.4. The number of amides is 1. The highest BCUT2D eigenvalue weighted by molar-refractivity contribution is 5.78. The average Bonchev–Trinajstić information content (AvgIpc) is 2.92. The molecule has 0 aromatic carbocycles. The molecule has 1 fully saturated rings. The summed E-state index contributed by atoms with van der Waals surface area (Å²) in [6.45, 7) is 5.32. The zero-order chi connectivity index (χ0) is 13.8. The highest BCUT2D eigenvalue weighted by atomic mass is 16.2. The van der Waals surface area contributed by atoms with Gasteiger partial charge in [-0.3, -0.25) is 4.79 Å². The number of rotatable bonds is 2. The smallest absolute Gasteiger partial charge is 0.310 e. The lowest BCUT2D eigenvalue weighted by Gasteiger charge is -2.09. The number of aryl methyl sites for hydroxylation is 1. The van der Waals surface area contributed by atoms with E-state index in [1.165, 1.54) is 6.92 Å². The van der Waals surface area contributed by atoms with E-state index in [0.29, 0.717) is 19.5 Å². The quantitative estimate of drug-likeness (QED) is 0.570. The molecule has 0 atom stereocenters. The van der Waals surface area contributed by atoms with Crippen molar-refractivity contribution in [2.24, 2.45) is 0 Å². The Morgan fingerprint density at radius 3 is 2.84 bits per heavy atom. The Hall–Kier alpha value is -2.09. The van der Waals surface area contributed by atoms with Gasteiger partial charge in [-0.05, 0) is 6.42 Å². The fourth-order valence-electron chi connectivity index (χ4n) is 2.05. The van der Waals surface area contributed by atoms with Crippen LogP contribution in [-0.4, -0.2) is 34.4 Å². The summed E-state index contributed by atoms with van der Waals surface area (Å²) >= 11 is 0. The molecule has 0 saturated carbocycles. The SMILES string of the molecule is CC(=O)n1cc(C)[n+](CC#CCN2CCCC2=O)c1. The third-order valence-corrected chi connectivity index (χ3v) is 3.22. The maximum atomic E-state index is 11.4. The molecule has 1 aromatic rings. The van der Waals surface area contributed by atoms with E-state index in [-0.39, 0.29) is 11.8 Å². The van der Waals surface area contributed by atoms with E-state index in [1.54, 1.807) is 22.0 Å². The number of aromatic nitrogens is 2. The van der Waals surface area contributed by atoms with Gasteiger partial charge in [0.2, 0.25) is 5.91 Å². The summed E-state index contributed by atoms with van der Waals surface area (Å²) in [5.74, 6) is 6.23. The van der Waals surface area contributed by atoms with Crippen LogP contribution in [0.1, 0.15) is 30.3 Å². The number of imidazole rings is 1. The Morgan fingerprint density at radius 1 is 1.47 bits per heavy atom. The zero-order valence-electron chi connectivity index (χ0n) is 11.3. The van der Waals surface area contributed by atoms with Gasteiger partial charge in [0.15, 0.2) is 6.54 Å². The molecule has 2 heterocycles. The molecule has 0 N–H and O–H groups in total. The second-order valence-corrected chi connectivity index (χ2v) is 4.71. The van der Waals surface area contributed by atoms with Crippen LogP contribution in [0.4, 0.5) is 0 Å². The molecule has 0 unspecified atom stereocenters. The van der Waals surface area contributed by atoms with E-state index in [4.69, 9.17) is 0 Å². The van der Waals surface area contributed by atoms with Crippen LogP contribution in [0.15, 0.2) is 12.5 Å². The summed E-state index contributed by atoms with van der Waals surface area (Å²) in [7, 11) is 0. The molecule has 1 aromatic heterocycles. The van der Waals surface area contributed by atoms with Crippen molar-refractivity contribution in [1.29, 1.82) is 0 Å². The molecule has 19 heavy (non-hydrogen) atoms. The molecule has 1 aliphatic heterocycles. The van der Waals surface area contributed by atoms with E-state index in [2.05, 4.69) is 11.8 Å². The van der Waals surface area contributed by atoms with E-state index < -0.39 is 0 Å². The van der Waals surface area contributed by atoms with Crippen molar-refractivity contribution in [3.05, 3.63) is 18.2 Å². The first kappa shape index (κ1) is 13.3. The average molecular weight is 260 g/mol. The van der Waals surface area contributed by atoms with Crippen LogP contribution in [-0.2, 0) is 11.3 Å². The lowest BCUT2D eigenvalue weighted by molar-refractivity contribution is -0.689. The Kier molecular flexibility index (Phi) is 4.00. The summed E-state index contributed by atoms with van der Waals surface area (Å²) in [5, 5.41) is 0. The van der Waals surface area contributed by atoms with Crippen molar-refractivity contribution in [1.82, 2.24) is 9.47 Å². The largest absolute Gasteiger partial charge is 0.332 e. The molecule has 1 aliphatic rings. The minimum atomic E-state index is -0.0162. The van der Waals surface area contributed by atoms with Gasteiger partial charge in [0, 0.05) is 26.8 Å². The molecule has 5 nitrogen and oxygen atoms in total. The number of likely N-dealkylation sites (tertiary alicyclic amines) is 1. The summed E-state index contributed by atoms with van der Waals surface area (Å²) in [6.07, 6.45) is 5.12. The Morgan fingerprint density at radius 2 is 2.26 bits per heavy atom. The Balaban J connectivity index is 1.92. The van der Waals surface area contributed by atoms with Crippen molar-refractivity contribution >= 4 is 11.8 Å². The standard InChI is InChI=1S/C14H18N3O2/c1-12-10-17(13(2)18)11-16(12)8-4-3-7-15-9-5-6-14(15)19/h10-11H,5-9H2,1-2H3/q+1. The second kappa shape index (κ2) is 5.70. The maximum absolute atomic E-state index is 11.4. The molecule has 0 radical (unpaired) electrons. The van der Waals surface area contributed by atoms with Gasteiger partial charge >= 0.3 is 5.91 Å². The van der Waals surface area contributed by atoms with E-state index in [1.807, 2.05) is 11.5 Å². The molecular weight excluding hydrogens is 242 g/mol. The molecule has 0 aliphatic carbocycles. The highest BCUT2D eigenvalue weighted by Gasteiger charge is 2.18.